The van der Waals surface area contributed by atoms with Crippen LogP contribution in [0.3, 0.4) is 0 Å². The van der Waals surface area contributed by atoms with Crippen LogP contribution < -0.4 is 10.6 Å². The van der Waals surface area contributed by atoms with Gasteiger partial charge in [-0.3, -0.25) is 0 Å². The van der Waals surface area contributed by atoms with E-state index >= 15 is 0 Å². The van der Waals surface area contributed by atoms with Crippen molar-refractivity contribution in [2.45, 2.75) is 37.9 Å². The number of rotatable bonds is 5. The fourth-order valence-electron chi connectivity index (χ4n) is 1.84. The Kier molecular flexibility index (Phi) is 4.06. The van der Waals surface area contributed by atoms with Crippen LogP contribution in [0.2, 0.25) is 0 Å². The SMILES string of the molecule is NCCCN(c1nnc(C(F)(F)F)s1)C1CCC1. The highest BCUT2D eigenvalue weighted by Crippen LogP contribution is 2.37. The maximum atomic E-state index is 12.5. The van der Waals surface area contributed by atoms with Gasteiger partial charge in [0.2, 0.25) is 10.1 Å². The van der Waals surface area contributed by atoms with Crippen LogP contribution in [0.4, 0.5) is 18.3 Å². The molecule has 0 amide bonds. The molecule has 18 heavy (non-hydrogen) atoms. The molecule has 4 nitrogen and oxygen atoms in total. The largest absolute Gasteiger partial charge is 0.445 e. The van der Waals surface area contributed by atoms with Crippen molar-refractivity contribution in [1.82, 2.24) is 10.2 Å². The Morgan fingerprint density at radius 3 is 2.50 bits per heavy atom. The van der Waals surface area contributed by atoms with Gasteiger partial charge in [-0.25, -0.2) is 0 Å². The Hall–Kier alpha value is -0.890. The predicted octanol–water partition coefficient (Wildman–Crippen LogP) is 2.26. The third-order valence-corrected chi connectivity index (χ3v) is 4.03. The quantitative estimate of drug-likeness (QED) is 0.899. The van der Waals surface area contributed by atoms with Gasteiger partial charge in [-0.15, -0.1) is 10.2 Å². The molecule has 0 aliphatic heterocycles. The van der Waals surface area contributed by atoms with Crippen LogP contribution in [0.15, 0.2) is 0 Å². The van der Waals surface area contributed by atoms with Gasteiger partial charge in [0.25, 0.3) is 0 Å². The lowest BCUT2D eigenvalue weighted by molar-refractivity contribution is -0.138. The molecule has 1 aromatic rings. The second kappa shape index (κ2) is 5.40. The van der Waals surface area contributed by atoms with Crippen LogP contribution in [-0.2, 0) is 6.18 Å². The molecule has 1 aliphatic carbocycles. The van der Waals surface area contributed by atoms with E-state index in [0.29, 0.717) is 35.6 Å². The van der Waals surface area contributed by atoms with E-state index in [4.69, 9.17) is 5.73 Å². The third kappa shape index (κ3) is 2.92. The molecule has 2 N–H and O–H groups in total. The van der Waals surface area contributed by atoms with Crippen LogP contribution in [0, 0.1) is 0 Å². The Bertz CT molecular complexity index is 389. The van der Waals surface area contributed by atoms with Crippen molar-refractivity contribution >= 4 is 16.5 Å². The van der Waals surface area contributed by atoms with Crippen LogP contribution in [-0.4, -0.2) is 29.3 Å². The number of anilines is 1. The summed E-state index contributed by atoms with van der Waals surface area (Å²) < 4.78 is 37.4. The maximum absolute atomic E-state index is 12.5. The first-order valence-electron chi connectivity index (χ1n) is 5.90. The lowest BCUT2D eigenvalue weighted by Gasteiger charge is -2.37. The first-order chi connectivity index (χ1) is 8.52. The van der Waals surface area contributed by atoms with Crippen molar-refractivity contribution in [3.8, 4) is 0 Å². The Balaban J connectivity index is 2.11. The standard InChI is InChI=1S/C10H15F3N4S/c11-10(12,13)8-15-16-9(18-8)17(6-2-5-14)7-3-1-4-7/h7H,1-6,14H2. The summed E-state index contributed by atoms with van der Waals surface area (Å²) in [6.45, 7) is 1.17. The molecule has 0 saturated heterocycles. The van der Waals surface area contributed by atoms with Gasteiger partial charge < -0.3 is 10.6 Å². The first-order valence-corrected chi connectivity index (χ1v) is 6.71. The zero-order valence-corrected chi connectivity index (χ0v) is 10.6. The van der Waals surface area contributed by atoms with Crippen molar-refractivity contribution in [2.75, 3.05) is 18.0 Å². The molecule has 0 atom stereocenters. The Morgan fingerprint density at radius 2 is 2.06 bits per heavy atom. The molecule has 1 aliphatic rings. The first kappa shape index (κ1) is 13.5. The van der Waals surface area contributed by atoms with Crippen LogP contribution in [0.5, 0.6) is 0 Å². The normalized spacial score (nSPS) is 16.7. The third-order valence-electron chi connectivity index (χ3n) is 3.02. The molecular weight excluding hydrogens is 265 g/mol. The van der Waals surface area contributed by atoms with Crippen LogP contribution >= 0.6 is 11.3 Å². The van der Waals surface area contributed by atoms with E-state index in [0.717, 1.165) is 25.7 Å². The molecule has 0 aromatic carbocycles. The van der Waals surface area contributed by atoms with Gasteiger partial charge in [-0.05, 0) is 32.2 Å². The van der Waals surface area contributed by atoms with Gasteiger partial charge in [0.05, 0.1) is 0 Å². The zero-order chi connectivity index (χ0) is 13.2. The van der Waals surface area contributed by atoms with Crippen LogP contribution in [0.25, 0.3) is 0 Å². The second-order valence-corrected chi connectivity index (χ2v) is 5.26. The summed E-state index contributed by atoms with van der Waals surface area (Å²) in [5.41, 5.74) is 5.45. The van der Waals surface area contributed by atoms with Gasteiger partial charge in [-0.1, -0.05) is 11.3 Å². The molecule has 0 spiro atoms. The highest BCUT2D eigenvalue weighted by atomic mass is 32.1. The summed E-state index contributed by atoms with van der Waals surface area (Å²) in [7, 11) is 0. The van der Waals surface area contributed by atoms with Gasteiger partial charge in [0.15, 0.2) is 0 Å². The highest BCUT2D eigenvalue weighted by Gasteiger charge is 2.37. The summed E-state index contributed by atoms with van der Waals surface area (Å²) in [5.74, 6) is 0. The average molecular weight is 280 g/mol. The summed E-state index contributed by atoms with van der Waals surface area (Å²) in [6.07, 6.45) is -0.530. The number of hydrogen-bond acceptors (Lipinski definition) is 5. The second-order valence-electron chi connectivity index (χ2n) is 4.31. The average Bonchev–Trinajstić information content (AvgIpc) is 2.69. The summed E-state index contributed by atoms with van der Waals surface area (Å²) in [4.78, 5) is 1.92. The van der Waals surface area contributed by atoms with E-state index in [1.54, 1.807) is 0 Å². The van der Waals surface area contributed by atoms with E-state index in [2.05, 4.69) is 10.2 Å². The molecule has 1 saturated carbocycles. The lowest BCUT2D eigenvalue weighted by atomic mass is 9.92. The highest BCUT2D eigenvalue weighted by molar-refractivity contribution is 7.15. The molecule has 0 radical (unpaired) electrons. The molecule has 1 fully saturated rings. The molecule has 102 valence electrons. The van der Waals surface area contributed by atoms with Crippen molar-refractivity contribution in [2.24, 2.45) is 5.73 Å². The monoisotopic (exact) mass is 280 g/mol. The van der Waals surface area contributed by atoms with Crippen molar-refractivity contribution in [3.63, 3.8) is 0 Å². The summed E-state index contributed by atoms with van der Waals surface area (Å²) in [6, 6.07) is 0.297. The van der Waals surface area contributed by atoms with Gasteiger partial charge >= 0.3 is 6.18 Å². The summed E-state index contributed by atoms with van der Waals surface area (Å²) >= 11 is 0.614. The number of halogens is 3. The lowest BCUT2D eigenvalue weighted by Crippen LogP contribution is -2.41. The van der Waals surface area contributed by atoms with Crippen molar-refractivity contribution < 1.29 is 13.2 Å². The number of aromatic nitrogens is 2. The minimum Gasteiger partial charge on any atom is -0.344 e. The minimum atomic E-state index is -4.41. The van der Waals surface area contributed by atoms with Gasteiger partial charge in [-0.2, -0.15) is 13.2 Å². The number of hydrogen-bond donors (Lipinski definition) is 1. The number of nitrogens with zero attached hydrogens (tertiary/aromatic N) is 3. The topological polar surface area (TPSA) is 55.0 Å². The van der Waals surface area contributed by atoms with E-state index in [9.17, 15) is 13.2 Å². The number of alkyl halides is 3. The molecule has 0 unspecified atom stereocenters. The minimum absolute atomic E-state index is 0.297. The van der Waals surface area contributed by atoms with E-state index in [1.165, 1.54) is 0 Å². The molecule has 8 heteroatoms. The van der Waals surface area contributed by atoms with Crippen molar-refractivity contribution in [1.29, 1.82) is 0 Å². The van der Waals surface area contributed by atoms with E-state index in [-0.39, 0.29) is 0 Å². The Morgan fingerprint density at radius 1 is 1.33 bits per heavy atom. The molecule has 2 rings (SSSR count). The van der Waals surface area contributed by atoms with E-state index < -0.39 is 11.2 Å². The summed E-state index contributed by atoms with van der Waals surface area (Å²) in [5, 5.41) is 6.38. The molecule has 0 bridgehead atoms. The Labute approximate surface area is 107 Å². The smallest absolute Gasteiger partial charge is 0.344 e. The molecule has 1 heterocycles. The van der Waals surface area contributed by atoms with Crippen LogP contribution in [0.1, 0.15) is 30.7 Å². The fraction of sp³-hybridized carbons (Fsp3) is 0.800. The number of nitrogens with two attached hydrogens (primary N) is 1. The van der Waals surface area contributed by atoms with Gasteiger partial charge in [0.1, 0.15) is 0 Å². The predicted molar refractivity (Wildman–Crippen MR) is 63.6 cm³/mol. The van der Waals surface area contributed by atoms with Gasteiger partial charge in [0, 0.05) is 12.6 Å². The zero-order valence-electron chi connectivity index (χ0n) is 9.78. The maximum Gasteiger partial charge on any atom is 0.445 e. The molecule has 1 aromatic heterocycles. The van der Waals surface area contributed by atoms with Crippen molar-refractivity contribution in [3.05, 3.63) is 5.01 Å². The fourth-order valence-corrected chi connectivity index (χ4v) is 2.65. The van der Waals surface area contributed by atoms with E-state index in [1.807, 2.05) is 4.90 Å². The molecular formula is C10H15F3N4S.